The van der Waals surface area contributed by atoms with Gasteiger partial charge in [-0.25, -0.2) is 8.42 Å². The summed E-state index contributed by atoms with van der Waals surface area (Å²) in [5.41, 5.74) is 2.00. The maximum atomic E-state index is 12.8. The van der Waals surface area contributed by atoms with Crippen molar-refractivity contribution >= 4 is 27.5 Å². The van der Waals surface area contributed by atoms with Crippen LogP contribution in [0.2, 0.25) is 0 Å². The molecule has 2 aliphatic heterocycles. The summed E-state index contributed by atoms with van der Waals surface area (Å²) in [7, 11) is -3.71. The van der Waals surface area contributed by atoms with Crippen LogP contribution in [0.1, 0.15) is 61.4 Å². The van der Waals surface area contributed by atoms with Gasteiger partial charge >= 0.3 is 0 Å². The lowest BCUT2D eigenvalue weighted by atomic mass is 9.97. The van der Waals surface area contributed by atoms with Gasteiger partial charge in [0.2, 0.25) is 0 Å². The quantitative estimate of drug-likeness (QED) is 0.747. The van der Waals surface area contributed by atoms with E-state index < -0.39 is 10.0 Å². The van der Waals surface area contributed by atoms with E-state index >= 15 is 0 Å². The second kappa shape index (κ2) is 8.70. The average molecular weight is 442 g/mol. The first kappa shape index (κ1) is 21.4. The summed E-state index contributed by atoms with van der Waals surface area (Å²) in [6, 6.07) is 11.7. The molecule has 31 heavy (non-hydrogen) atoms. The monoisotopic (exact) mass is 441 g/mol. The Morgan fingerprint density at radius 1 is 1.06 bits per heavy atom. The molecule has 0 aliphatic carbocycles. The van der Waals surface area contributed by atoms with Crippen molar-refractivity contribution in [3.8, 4) is 5.75 Å². The third-order valence-corrected chi connectivity index (χ3v) is 7.23. The van der Waals surface area contributed by atoms with Crippen LogP contribution in [0.3, 0.4) is 0 Å². The molecule has 8 heteroatoms. The van der Waals surface area contributed by atoms with Crippen molar-refractivity contribution < 1.29 is 17.9 Å². The van der Waals surface area contributed by atoms with E-state index in [1.165, 1.54) is 12.1 Å². The number of nitrogens with one attached hydrogen (secondary N) is 2. The van der Waals surface area contributed by atoms with Gasteiger partial charge in [0.1, 0.15) is 17.7 Å². The molecule has 0 radical (unpaired) electrons. The van der Waals surface area contributed by atoms with Crippen LogP contribution in [0.25, 0.3) is 0 Å². The van der Waals surface area contributed by atoms with E-state index in [0.717, 1.165) is 24.8 Å². The smallest absolute Gasteiger partial charge is 0.262 e. The zero-order valence-electron chi connectivity index (χ0n) is 17.7. The van der Waals surface area contributed by atoms with Crippen LogP contribution in [0.15, 0.2) is 52.4 Å². The standard InChI is InChI=1S/C23H27N3O4S/c1-15-16(2)30-22-19(15)7-6-8-20(22)23(27)25-17-10-12-18(13-11-17)31(28,29)26-21-9-4-3-5-14-24-21/h6-8,10-13,15-16H,3-5,9,14H2,1-2H3,(H,24,26)(H,25,27). The molecule has 2 aromatic rings. The second-order valence-electron chi connectivity index (χ2n) is 8.06. The molecule has 0 aromatic heterocycles. The summed E-state index contributed by atoms with van der Waals surface area (Å²) in [6.45, 7) is 4.71. The number of aliphatic imine (C=N–C) groups is 1. The molecule has 0 bridgehead atoms. The number of ether oxygens (including phenoxy) is 1. The highest BCUT2D eigenvalue weighted by atomic mass is 32.2. The Hall–Kier alpha value is -2.87. The molecule has 2 aromatic carbocycles. The number of hydrogen-bond acceptors (Lipinski definition) is 5. The van der Waals surface area contributed by atoms with Gasteiger partial charge in [-0.1, -0.05) is 25.5 Å². The number of fused-ring (bicyclic) bond motifs is 1. The molecule has 7 nitrogen and oxygen atoms in total. The molecule has 1 amide bonds. The van der Waals surface area contributed by atoms with Gasteiger partial charge in [0.05, 0.1) is 10.5 Å². The van der Waals surface area contributed by atoms with E-state index in [4.69, 9.17) is 4.74 Å². The molecular formula is C23H27N3O4S. The number of amides is 1. The molecule has 0 saturated heterocycles. The lowest BCUT2D eigenvalue weighted by molar-refractivity contribution is 0.102. The summed E-state index contributed by atoms with van der Waals surface area (Å²) in [5.74, 6) is 1.06. The minimum absolute atomic E-state index is 0.0130. The number of carbonyl (C=O) groups is 1. The third-order valence-electron chi connectivity index (χ3n) is 5.84. The van der Waals surface area contributed by atoms with Crippen LogP contribution in [0, 0.1) is 0 Å². The molecule has 2 heterocycles. The van der Waals surface area contributed by atoms with E-state index in [9.17, 15) is 13.2 Å². The van der Waals surface area contributed by atoms with Gasteiger partial charge in [0.25, 0.3) is 15.9 Å². The molecule has 4 rings (SSSR count). The van der Waals surface area contributed by atoms with Crippen LogP contribution in [-0.4, -0.2) is 32.8 Å². The maximum Gasteiger partial charge on any atom is 0.262 e. The molecule has 2 N–H and O–H groups in total. The van der Waals surface area contributed by atoms with Crippen molar-refractivity contribution in [1.82, 2.24) is 4.72 Å². The van der Waals surface area contributed by atoms with E-state index in [2.05, 4.69) is 22.0 Å². The fourth-order valence-electron chi connectivity index (χ4n) is 3.85. The molecule has 164 valence electrons. The minimum atomic E-state index is -3.71. The van der Waals surface area contributed by atoms with Crippen molar-refractivity contribution in [2.75, 3.05) is 11.9 Å². The summed E-state index contributed by atoms with van der Waals surface area (Å²) in [4.78, 5) is 17.3. The Morgan fingerprint density at radius 2 is 1.84 bits per heavy atom. The number of para-hydroxylation sites is 1. The number of amidine groups is 1. The van der Waals surface area contributed by atoms with Crippen LogP contribution < -0.4 is 14.8 Å². The molecule has 2 aliphatic rings. The first-order valence-electron chi connectivity index (χ1n) is 10.6. The third kappa shape index (κ3) is 4.58. The maximum absolute atomic E-state index is 12.8. The van der Waals surface area contributed by atoms with Crippen molar-refractivity contribution in [3.63, 3.8) is 0 Å². The number of hydrogen-bond donors (Lipinski definition) is 2. The Labute approximate surface area is 183 Å². The topological polar surface area (TPSA) is 96.9 Å². The number of anilines is 1. The summed E-state index contributed by atoms with van der Waals surface area (Å²) < 4.78 is 33.8. The fourth-order valence-corrected chi connectivity index (χ4v) is 4.94. The molecule has 0 fully saturated rings. The second-order valence-corrected chi connectivity index (χ2v) is 9.74. The first-order valence-corrected chi connectivity index (χ1v) is 12.1. The molecule has 0 spiro atoms. The van der Waals surface area contributed by atoms with Gasteiger partial charge in [-0.15, -0.1) is 0 Å². The Balaban J connectivity index is 1.47. The lowest BCUT2D eigenvalue weighted by Crippen LogP contribution is -2.30. The summed E-state index contributed by atoms with van der Waals surface area (Å²) in [5, 5.41) is 2.83. The molecule has 2 atom stereocenters. The predicted octanol–water partition coefficient (Wildman–Crippen LogP) is 4.07. The Morgan fingerprint density at radius 3 is 2.61 bits per heavy atom. The lowest BCUT2D eigenvalue weighted by Gasteiger charge is -2.12. The van der Waals surface area contributed by atoms with Crippen molar-refractivity contribution in [2.45, 2.75) is 56.4 Å². The zero-order chi connectivity index (χ0) is 22.0. The predicted molar refractivity (Wildman–Crippen MR) is 120 cm³/mol. The van der Waals surface area contributed by atoms with Crippen molar-refractivity contribution in [3.05, 3.63) is 53.6 Å². The van der Waals surface area contributed by atoms with E-state index in [-0.39, 0.29) is 22.8 Å². The minimum Gasteiger partial charge on any atom is -0.489 e. The van der Waals surface area contributed by atoms with Crippen LogP contribution in [0.4, 0.5) is 5.69 Å². The molecular weight excluding hydrogens is 414 g/mol. The highest BCUT2D eigenvalue weighted by molar-refractivity contribution is 7.90. The van der Waals surface area contributed by atoms with Gasteiger partial charge < -0.3 is 10.1 Å². The summed E-state index contributed by atoms with van der Waals surface area (Å²) >= 11 is 0. The van der Waals surface area contributed by atoms with Gasteiger partial charge in [-0.05, 0) is 50.1 Å². The summed E-state index contributed by atoms with van der Waals surface area (Å²) in [6.07, 6.45) is 3.60. The van der Waals surface area contributed by atoms with Gasteiger partial charge in [-0.3, -0.25) is 14.5 Å². The fraction of sp³-hybridized carbons (Fsp3) is 0.391. The van der Waals surface area contributed by atoms with Crippen LogP contribution in [0.5, 0.6) is 5.75 Å². The number of benzene rings is 2. The van der Waals surface area contributed by atoms with Gasteiger partial charge in [0.15, 0.2) is 0 Å². The molecule has 0 saturated carbocycles. The molecule has 2 unspecified atom stereocenters. The Kier molecular flexibility index (Phi) is 6.00. The number of sulfonamides is 1. The van der Waals surface area contributed by atoms with Crippen LogP contribution in [-0.2, 0) is 10.0 Å². The first-order chi connectivity index (χ1) is 14.8. The SMILES string of the molecule is CC1Oc2c(C(=O)Nc3ccc(S(=O)(=O)NC4=NCCCCC4)cc3)cccc2C1C. The van der Waals surface area contributed by atoms with Crippen LogP contribution >= 0.6 is 0 Å². The Bertz CT molecular complexity index is 1110. The van der Waals surface area contributed by atoms with Gasteiger partial charge in [-0.2, -0.15) is 0 Å². The van der Waals surface area contributed by atoms with E-state index in [0.29, 0.717) is 35.8 Å². The van der Waals surface area contributed by atoms with Crippen molar-refractivity contribution in [1.29, 1.82) is 0 Å². The number of nitrogens with zero attached hydrogens (tertiary/aromatic N) is 1. The zero-order valence-corrected chi connectivity index (χ0v) is 18.5. The van der Waals surface area contributed by atoms with Gasteiger partial charge in [0, 0.05) is 30.1 Å². The normalized spacial score (nSPS) is 20.8. The highest BCUT2D eigenvalue weighted by Gasteiger charge is 2.31. The van der Waals surface area contributed by atoms with E-state index in [1.54, 1.807) is 18.2 Å². The number of rotatable bonds is 4. The van der Waals surface area contributed by atoms with E-state index in [1.807, 2.05) is 19.1 Å². The number of carbonyl (C=O) groups excluding carboxylic acids is 1. The highest BCUT2D eigenvalue weighted by Crippen LogP contribution is 2.40. The van der Waals surface area contributed by atoms with Crippen molar-refractivity contribution in [2.24, 2.45) is 4.99 Å². The average Bonchev–Trinajstić information content (AvgIpc) is 2.90. The largest absolute Gasteiger partial charge is 0.489 e.